The minimum atomic E-state index is -1.42. The first kappa shape index (κ1) is 20.6. The zero-order valence-corrected chi connectivity index (χ0v) is 16.0. The average molecular weight is 412 g/mol. The molecule has 4 nitrogen and oxygen atoms in total. The molecule has 2 aromatic rings. The molecule has 1 fully saturated rings. The summed E-state index contributed by atoms with van der Waals surface area (Å²) in [4.78, 5) is 18.2. The third-order valence-corrected chi connectivity index (χ3v) is 5.19. The molecule has 1 saturated heterocycles. The zero-order chi connectivity index (χ0) is 20.1. The third kappa shape index (κ3) is 5.02. The van der Waals surface area contributed by atoms with Crippen LogP contribution in [0.15, 0.2) is 36.5 Å². The van der Waals surface area contributed by atoms with Crippen molar-refractivity contribution in [2.24, 2.45) is 0 Å². The summed E-state index contributed by atoms with van der Waals surface area (Å²) in [5.74, 6) is -0.867. The number of hydrogen-bond acceptors (Lipinski definition) is 3. The Bertz CT molecular complexity index is 824. The summed E-state index contributed by atoms with van der Waals surface area (Å²) in [6, 6.07) is 7.18. The van der Waals surface area contributed by atoms with Crippen LogP contribution in [0.25, 0.3) is 0 Å². The van der Waals surface area contributed by atoms with Gasteiger partial charge in [0.25, 0.3) is 5.91 Å². The second-order valence-electron chi connectivity index (χ2n) is 6.97. The summed E-state index contributed by atoms with van der Waals surface area (Å²) in [6.07, 6.45) is 1.87. The second-order valence-corrected chi connectivity index (χ2v) is 7.37. The van der Waals surface area contributed by atoms with E-state index in [1.807, 2.05) is 0 Å². The van der Waals surface area contributed by atoms with E-state index in [4.69, 9.17) is 11.6 Å². The number of carbonyl (C=O) groups is 1. The summed E-state index contributed by atoms with van der Waals surface area (Å²) >= 11 is 5.73. The number of piperidine rings is 1. The lowest BCUT2D eigenvalue weighted by Crippen LogP contribution is -2.48. The molecule has 3 rings (SSSR count). The first-order valence-corrected chi connectivity index (χ1v) is 9.42. The zero-order valence-electron chi connectivity index (χ0n) is 15.2. The Labute approximate surface area is 166 Å². The van der Waals surface area contributed by atoms with Gasteiger partial charge in [-0.1, -0.05) is 17.7 Å². The van der Waals surface area contributed by atoms with E-state index in [0.717, 1.165) is 6.07 Å². The van der Waals surface area contributed by atoms with E-state index in [1.165, 1.54) is 18.3 Å². The van der Waals surface area contributed by atoms with Crippen LogP contribution in [0, 0.1) is 5.82 Å². The van der Waals surface area contributed by atoms with E-state index in [-0.39, 0.29) is 43.4 Å². The molecule has 1 amide bonds. The second kappa shape index (κ2) is 8.92. The molecule has 0 radical (unpaired) electrons. The van der Waals surface area contributed by atoms with Gasteiger partial charge in [0.2, 0.25) is 0 Å². The Morgan fingerprint density at radius 3 is 2.61 bits per heavy atom. The first-order chi connectivity index (χ1) is 13.4. The molecule has 1 aromatic carbocycles. The summed E-state index contributed by atoms with van der Waals surface area (Å²) < 4.78 is 40.7. The Balaban J connectivity index is 1.48. The van der Waals surface area contributed by atoms with Gasteiger partial charge in [0, 0.05) is 56.3 Å². The first-order valence-electron chi connectivity index (χ1n) is 9.04. The minimum absolute atomic E-state index is 0.111. The van der Waals surface area contributed by atoms with Gasteiger partial charge in [-0.05, 0) is 24.3 Å². The number of hydrogen-bond donors (Lipinski definition) is 1. The van der Waals surface area contributed by atoms with Crippen LogP contribution < -0.4 is 5.32 Å². The smallest absolute Gasteiger partial charge is 0.253 e. The highest BCUT2D eigenvalue weighted by atomic mass is 35.5. The number of carbonyl (C=O) groups excluding carboxylic acids is 1. The Kier molecular flexibility index (Phi) is 6.57. The van der Waals surface area contributed by atoms with E-state index >= 15 is 4.39 Å². The lowest BCUT2D eigenvalue weighted by Gasteiger charge is -2.36. The number of halogens is 4. The number of nitrogens with one attached hydrogen (secondary N) is 1. The van der Waals surface area contributed by atoms with E-state index in [0.29, 0.717) is 23.4 Å². The van der Waals surface area contributed by atoms with Gasteiger partial charge in [-0.25, -0.2) is 13.2 Å². The van der Waals surface area contributed by atoms with Crippen LogP contribution in [-0.4, -0.2) is 41.1 Å². The van der Waals surface area contributed by atoms with Gasteiger partial charge in [0.1, 0.15) is 18.2 Å². The van der Waals surface area contributed by atoms with Crippen LogP contribution >= 0.6 is 11.6 Å². The highest BCUT2D eigenvalue weighted by molar-refractivity contribution is 6.31. The molecule has 0 saturated carbocycles. The molecule has 0 bridgehead atoms. The fourth-order valence-corrected chi connectivity index (χ4v) is 3.33. The highest BCUT2D eigenvalue weighted by Gasteiger charge is 2.35. The van der Waals surface area contributed by atoms with Crippen LogP contribution in [0.2, 0.25) is 5.02 Å². The van der Waals surface area contributed by atoms with E-state index < -0.39 is 18.2 Å². The lowest BCUT2D eigenvalue weighted by molar-refractivity contribution is 0.0434. The van der Waals surface area contributed by atoms with Gasteiger partial charge in [-0.2, -0.15) is 0 Å². The van der Waals surface area contributed by atoms with E-state index in [9.17, 15) is 13.6 Å². The summed E-state index contributed by atoms with van der Waals surface area (Å²) in [6.45, 7) is 0.511. The predicted molar refractivity (Wildman–Crippen MR) is 101 cm³/mol. The third-order valence-electron chi connectivity index (χ3n) is 4.90. The van der Waals surface area contributed by atoms with Crippen LogP contribution in [-0.2, 0) is 13.2 Å². The number of pyridine rings is 1. The quantitative estimate of drug-likeness (QED) is 0.779. The number of aromatic nitrogens is 1. The van der Waals surface area contributed by atoms with Crippen LogP contribution in [0.5, 0.6) is 0 Å². The molecule has 1 aromatic heterocycles. The summed E-state index contributed by atoms with van der Waals surface area (Å²) in [7, 11) is 0. The Morgan fingerprint density at radius 2 is 2.00 bits per heavy atom. The average Bonchev–Trinajstić information content (AvgIpc) is 2.70. The van der Waals surface area contributed by atoms with Crippen molar-refractivity contribution in [1.29, 1.82) is 0 Å². The molecule has 8 heteroatoms. The van der Waals surface area contributed by atoms with Crippen molar-refractivity contribution in [2.75, 3.05) is 19.6 Å². The maximum absolute atomic E-state index is 15.0. The number of benzene rings is 1. The van der Waals surface area contributed by atoms with Gasteiger partial charge in [0.15, 0.2) is 0 Å². The number of rotatable bonds is 6. The van der Waals surface area contributed by atoms with Gasteiger partial charge >= 0.3 is 0 Å². The Morgan fingerprint density at radius 1 is 1.25 bits per heavy atom. The number of nitrogens with zero attached hydrogens (tertiary/aromatic N) is 2. The van der Waals surface area contributed by atoms with Crippen LogP contribution in [0.3, 0.4) is 0 Å². The molecule has 0 atom stereocenters. The molecule has 0 aliphatic carbocycles. The summed E-state index contributed by atoms with van der Waals surface area (Å²) in [5, 5.41) is 2.93. The van der Waals surface area contributed by atoms with Crippen molar-refractivity contribution in [2.45, 2.75) is 31.7 Å². The molecular weight excluding hydrogens is 391 g/mol. The van der Waals surface area contributed by atoms with Gasteiger partial charge in [0.05, 0.1) is 10.7 Å². The molecule has 1 N–H and O–H groups in total. The molecule has 0 spiro atoms. The fraction of sp³-hybridized carbons (Fsp3) is 0.400. The minimum Gasteiger partial charge on any atom is -0.338 e. The molecule has 150 valence electrons. The molecule has 1 aliphatic rings. The Hall–Kier alpha value is -2.12. The molecular formula is C20H21ClF3N3O. The van der Waals surface area contributed by atoms with Gasteiger partial charge in [-0.15, -0.1) is 0 Å². The van der Waals surface area contributed by atoms with Gasteiger partial charge < -0.3 is 10.2 Å². The van der Waals surface area contributed by atoms with Crippen molar-refractivity contribution >= 4 is 17.5 Å². The largest absolute Gasteiger partial charge is 0.338 e. The monoisotopic (exact) mass is 411 g/mol. The van der Waals surface area contributed by atoms with Gasteiger partial charge in [-0.3, -0.25) is 9.78 Å². The van der Waals surface area contributed by atoms with Crippen LogP contribution in [0.4, 0.5) is 13.2 Å². The standard InChI is InChI=1S/C20H21ClF3N3O/c21-17-9-15(2-4-18(17)23)19(28)27-7-5-20(24,6-8-27)13-25-12-16-3-1-14(10-22)11-26-16/h1-4,9,11,25H,5-8,10,12-13H2. The lowest BCUT2D eigenvalue weighted by atomic mass is 9.92. The topological polar surface area (TPSA) is 45.2 Å². The number of alkyl halides is 2. The maximum Gasteiger partial charge on any atom is 0.253 e. The molecule has 28 heavy (non-hydrogen) atoms. The maximum atomic E-state index is 15.0. The van der Waals surface area contributed by atoms with E-state index in [1.54, 1.807) is 17.0 Å². The molecule has 0 unspecified atom stereocenters. The highest BCUT2D eigenvalue weighted by Crippen LogP contribution is 2.27. The molecule has 1 aliphatic heterocycles. The number of amides is 1. The van der Waals surface area contributed by atoms with Crippen molar-refractivity contribution in [1.82, 2.24) is 15.2 Å². The van der Waals surface area contributed by atoms with Crippen LogP contribution in [0.1, 0.15) is 34.5 Å². The predicted octanol–water partition coefficient (Wildman–Crippen LogP) is 4.08. The summed E-state index contributed by atoms with van der Waals surface area (Å²) in [5.41, 5.74) is 0.0845. The fourth-order valence-electron chi connectivity index (χ4n) is 3.15. The van der Waals surface area contributed by atoms with E-state index in [2.05, 4.69) is 10.3 Å². The SMILES string of the molecule is O=C(c1ccc(F)c(Cl)c1)N1CCC(F)(CNCc2ccc(CF)cn2)CC1. The normalized spacial score (nSPS) is 16.2. The van der Waals surface area contributed by atoms with Crippen molar-refractivity contribution in [3.63, 3.8) is 0 Å². The van der Waals surface area contributed by atoms with Crippen molar-refractivity contribution in [3.8, 4) is 0 Å². The number of likely N-dealkylation sites (tertiary alicyclic amines) is 1. The van der Waals surface area contributed by atoms with Crippen molar-refractivity contribution < 1.29 is 18.0 Å². The molecule has 2 heterocycles. The van der Waals surface area contributed by atoms with Crippen molar-refractivity contribution in [3.05, 3.63) is 64.2 Å².